The van der Waals surface area contributed by atoms with Crippen molar-refractivity contribution in [3.8, 4) is 0 Å². The largest absolute Gasteiger partial charge is 0.363 e. The number of anilines is 1. The average Bonchev–Trinajstić information content (AvgIpc) is 3.11. The van der Waals surface area contributed by atoms with E-state index in [4.69, 9.17) is 0 Å². The van der Waals surface area contributed by atoms with Crippen molar-refractivity contribution in [1.29, 1.82) is 0 Å². The molecule has 0 aliphatic rings. The van der Waals surface area contributed by atoms with Crippen LogP contribution in [0.15, 0.2) is 35.2 Å². The Bertz CT molecular complexity index is 633. The molecule has 8 nitrogen and oxygen atoms in total. The van der Waals surface area contributed by atoms with E-state index >= 15 is 0 Å². The van der Waals surface area contributed by atoms with Crippen molar-refractivity contribution in [2.45, 2.75) is 6.04 Å². The van der Waals surface area contributed by atoms with Crippen LogP contribution in [0.1, 0.15) is 11.7 Å². The number of carbonyl (C=O) groups is 2. The summed E-state index contributed by atoms with van der Waals surface area (Å²) in [5, 5.41) is 8.49. The van der Waals surface area contributed by atoms with Crippen LogP contribution < -0.4 is 10.6 Å². The monoisotopic (exact) mass is 305 g/mol. The van der Waals surface area contributed by atoms with Gasteiger partial charge in [0.2, 0.25) is 0 Å². The zero-order valence-electron chi connectivity index (χ0n) is 12.7. The van der Waals surface area contributed by atoms with Crippen molar-refractivity contribution in [3.63, 3.8) is 0 Å². The topological polar surface area (TPSA) is 92.4 Å². The van der Waals surface area contributed by atoms with E-state index < -0.39 is 11.8 Å². The van der Waals surface area contributed by atoms with E-state index in [1.165, 1.54) is 12.3 Å². The minimum Gasteiger partial charge on any atom is -0.363 e. The summed E-state index contributed by atoms with van der Waals surface area (Å²) in [5.74, 6) is -1.30. The third kappa shape index (κ3) is 3.73. The molecule has 0 aromatic carbocycles. The molecule has 0 fully saturated rings. The number of hydrogen-bond acceptors (Lipinski definition) is 5. The molecule has 118 valence electrons. The molecule has 0 unspecified atom stereocenters. The first kappa shape index (κ1) is 15.8. The summed E-state index contributed by atoms with van der Waals surface area (Å²) < 4.78 is 6.56. The summed E-state index contributed by atoms with van der Waals surface area (Å²) in [6.45, 7) is 0.315. The van der Waals surface area contributed by atoms with Gasteiger partial charge < -0.3 is 14.4 Å². The van der Waals surface area contributed by atoms with E-state index in [2.05, 4.69) is 20.3 Å². The molecule has 0 saturated carbocycles. The lowest BCUT2D eigenvalue weighted by molar-refractivity contribution is -0.136. The molecule has 0 aliphatic heterocycles. The zero-order valence-corrected chi connectivity index (χ0v) is 12.7. The van der Waals surface area contributed by atoms with Crippen molar-refractivity contribution in [2.24, 2.45) is 7.05 Å². The number of rotatable bonds is 5. The molecule has 22 heavy (non-hydrogen) atoms. The lowest BCUT2D eigenvalue weighted by atomic mass is 10.2. The smallest absolute Gasteiger partial charge is 0.314 e. The van der Waals surface area contributed by atoms with Gasteiger partial charge in [-0.25, -0.2) is 0 Å². The highest BCUT2D eigenvalue weighted by Crippen LogP contribution is 2.17. The van der Waals surface area contributed by atoms with Gasteiger partial charge in [-0.1, -0.05) is 5.16 Å². The van der Waals surface area contributed by atoms with Crippen LogP contribution in [0.3, 0.4) is 0 Å². The molecule has 0 spiro atoms. The number of carbonyl (C=O) groups excluding carboxylic acids is 2. The van der Waals surface area contributed by atoms with Crippen LogP contribution in [0.4, 0.5) is 5.82 Å². The number of hydrogen-bond donors (Lipinski definition) is 2. The maximum absolute atomic E-state index is 11.8. The van der Waals surface area contributed by atoms with Gasteiger partial charge in [0.15, 0.2) is 5.82 Å². The van der Waals surface area contributed by atoms with E-state index in [1.807, 2.05) is 48.9 Å². The van der Waals surface area contributed by atoms with Crippen molar-refractivity contribution >= 4 is 17.6 Å². The normalized spacial score (nSPS) is 12.2. The summed E-state index contributed by atoms with van der Waals surface area (Å²) in [6, 6.07) is 5.33. The first-order valence-corrected chi connectivity index (χ1v) is 6.76. The molecule has 0 saturated heterocycles. The first-order chi connectivity index (χ1) is 10.5. The summed E-state index contributed by atoms with van der Waals surface area (Å²) in [6.07, 6.45) is 3.25. The van der Waals surface area contributed by atoms with Gasteiger partial charge in [-0.3, -0.25) is 19.8 Å². The molecule has 0 bridgehead atoms. The van der Waals surface area contributed by atoms with Crippen molar-refractivity contribution < 1.29 is 14.1 Å². The molecule has 1 atom stereocenters. The molecular weight excluding hydrogens is 286 g/mol. The first-order valence-electron chi connectivity index (χ1n) is 6.76. The predicted octanol–water partition coefficient (Wildman–Crippen LogP) is 0.371. The van der Waals surface area contributed by atoms with Crippen LogP contribution in [-0.2, 0) is 16.6 Å². The molecule has 2 aromatic rings. The van der Waals surface area contributed by atoms with Gasteiger partial charge in [0, 0.05) is 31.5 Å². The van der Waals surface area contributed by atoms with Crippen molar-refractivity contribution in [3.05, 3.63) is 36.4 Å². The second-order valence-corrected chi connectivity index (χ2v) is 5.07. The highest BCUT2D eigenvalue weighted by atomic mass is 16.5. The van der Waals surface area contributed by atoms with Crippen molar-refractivity contribution in [1.82, 2.24) is 19.9 Å². The highest BCUT2D eigenvalue weighted by molar-refractivity contribution is 6.39. The van der Waals surface area contributed by atoms with E-state index in [9.17, 15) is 9.59 Å². The van der Waals surface area contributed by atoms with Crippen LogP contribution in [0, 0.1) is 0 Å². The number of likely N-dealkylation sites (N-methyl/N-ethyl adjacent to an activating group) is 1. The van der Waals surface area contributed by atoms with Gasteiger partial charge in [-0.15, -0.1) is 0 Å². The lowest BCUT2D eigenvalue weighted by Gasteiger charge is -2.25. The molecule has 2 amide bonds. The molecule has 2 N–H and O–H groups in total. The van der Waals surface area contributed by atoms with Crippen LogP contribution in [0.2, 0.25) is 0 Å². The number of aromatic nitrogens is 2. The molecule has 0 aliphatic carbocycles. The Morgan fingerprint density at radius 1 is 1.36 bits per heavy atom. The summed E-state index contributed by atoms with van der Waals surface area (Å²) in [4.78, 5) is 25.5. The van der Waals surface area contributed by atoms with Gasteiger partial charge in [0.05, 0.1) is 6.04 Å². The standard InChI is InChI=1S/C14H19N5O3/c1-18(2)11(10-5-4-7-19(10)3)9-15-13(20)14(21)16-12-6-8-22-17-12/h4-8,11H,9H2,1-3H3,(H,15,20)(H,16,17,21)/t11-/m1/s1. The fraction of sp³-hybridized carbons (Fsp3) is 0.357. The van der Waals surface area contributed by atoms with Crippen LogP contribution in [0.5, 0.6) is 0 Å². The predicted molar refractivity (Wildman–Crippen MR) is 80.0 cm³/mol. The molecule has 8 heteroatoms. The van der Waals surface area contributed by atoms with E-state index in [0.717, 1.165) is 5.69 Å². The fourth-order valence-corrected chi connectivity index (χ4v) is 2.09. The van der Waals surface area contributed by atoms with E-state index in [-0.39, 0.29) is 11.9 Å². The zero-order chi connectivity index (χ0) is 16.1. The minimum absolute atomic E-state index is 0.0381. The average molecular weight is 305 g/mol. The van der Waals surface area contributed by atoms with Gasteiger partial charge in [-0.05, 0) is 26.2 Å². The van der Waals surface area contributed by atoms with Gasteiger partial charge in [0.1, 0.15) is 6.26 Å². The quantitative estimate of drug-likeness (QED) is 0.779. The van der Waals surface area contributed by atoms with E-state index in [1.54, 1.807) is 0 Å². The van der Waals surface area contributed by atoms with Crippen molar-refractivity contribution in [2.75, 3.05) is 26.0 Å². The second kappa shape index (κ2) is 6.90. The number of nitrogens with zero attached hydrogens (tertiary/aromatic N) is 3. The fourth-order valence-electron chi connectivity index (χ4n) is 2.09. The Labute approximate surface area is 128 Å². The Balaban J connectivity index is 1.93. The Morgan fingerprint density at radius 2 is 2.14 bits per heavy atom. The lowest BCUT2D eigenvalue weighted by Crippen LogP contribution is -2.40. The third-order valence-electron chi connectivity index (χ3n) is 3.29. The number of aryl methyl sites for hydroxylation is 1. The van der Waals surface area contributed by atoms with Crippen LogP contribution in [-0.4, -0.2) is 47.1 Å². The Morgan fingerprint density at radius 3 is 2.68 bits per heavy atom. The maximum atomic E-state index is 11.8. The SMILES string of the molecule is CN(C)[C@H](CNC(=O)C(=O)Nc1ccon1)c1cccn1C. The van der Waals surface area contributed by atoms with Gasteiger partial charge in [0.25, 0.3) is 0 Å². The van der Waals surface area contributed by atoms with Gasteiger partial charge >= 0.3 is 11.8 Å². The highest BCUT2D eigenvalue weighted by Gasteiger charge is 2.20. The minimum atomic E-state index is -0.779. The maximum Gasteiger partial charge on any atom is 0.314 e. The van der Waals surface area contributed by atoms with Crippen LogP contribution in [0.25, 0.3) is 0 Å². The van der Waals surface area contributed by atoms with Crippen LogP contribution >= 0.6 is 0 Å². The Kier molecular flexibility index (Phi) is 4.95. The summed E-state index contributed by atoms with van der Waals surface area (Å²) in [7, 11) is 5.77. The number of amides is 2. The van der Waals surface area contributed by atoms with E-state index in [0.29, 0.717) is 6.54 Å². The summed E-state index contributed by atoms with van der Waals surface area (Å²) >= 11 is 0. The molecule has 2 aromatic heterocycles. The molecule has 2 heterocycles. The third-order valence-corrected chi connectivity index (χ3v) is 3.29. The molecule has 2 rings (SSSR count). The van der Waals surface area contributed by atoms with Gasteiger partial charge in [-0.2, -0.15) is 0 Å². The molecular formula is C14H19N5O3. The Hall–Kier alpha value is -2.61. The second-order valence-electron chi connectivity index (χ2n) is 5.07. The number of nitrogens with one attached hydrogen (secondary N) is 2. The summed E-state index contributed by atoms with van der Waals surface area (Å²) in [5.41, 5.74) is 1.04. The molecule has 0 radical (unpaired) electrons.